The van der Waals surface area contributed by atoms with E-state index >= 15 is 0 Å². The molecule has 1 amide bonds. The lowest BCUT2D eigenvalue weighted by Gasteiger charge is -2.10. The third kappa shape index (κ3) is 4.21. The Kier molecular flexibility index (Phi) is 5.83. The highest BCUT2D eigenvalue weighted by molar-refractivity contribution is 7.80. The van der Waals surface area contributed by atoms with Gasteiger partial charge in [0.15, 0.2) is 5.11 Å². The summed E-state index contributed by atoms with van der Waals surface area (Å²) in [5.74, 6) is -0.445. The largest absolute Gasteiger partial charge is 0.464 e. The van der Waals surface area contributed by atoms with E-state index in [0.29, 0.717) is 16.7 Å². The minimum absolute atomic E-state index is 0.0921. The number of carbonyl (C=O) groups is 1. The first-order valence-corrected chi connectivity index (χ1v) is 10.1. The number of hydrogen-bond donors (Lipinski definition) is 3. The number of aliphatic hydroxyl groups excluding tert-OH is 1. The van der Waals surface area contributed by atoms with Gasteiger partial charge >= 0.3 is 5.63 Å². The zero-order chi connectivity index (χ0) is 22.0. The van der Waals surface area contributed by atoms with Crippen LogP contribution >= 0.6 is 12.2 Å². The maximum atomic E-state index is 12.6. The molecule has 0 saturated heterocycles. The average molecular weight is 436 g/mol. The molecule has 8 heteroatoms. The van der Waals surface area contributed by atoms with Crippen LogP contribution in [-0.4, -0.2) is 29.3 Å². The molecule has 0 fully saturated rings. The Morgan fingerprint density at radius 2 is 1.90 bits per heavy atom. The number of furan rings is 1. The maximum absolute atomic E-state index is 12.6. The summed E-state index contributed by atoms with van der Waals surface area (Å²) in [4.78, 5) is 24.9. The Morgan fingerprint density at radius 1 is 1.13 bits per heavy atom. The lowest BCUT2D eigenvalue weighted by atomic mass is 9.99. The van der Waals surface area contributed by atoms with E-state index in [1.54, 1.807) is 19.3 Å². The summed E-state index contributed by atoms with van der Waals surface area (Å²) in [6, 6.07) is 13.5. The van der Waals surface area contributed by atoms with Crippen LogP contribution in [0.4, 0.5) is 0 Å². The van der Waals surface area contributed by atoms with Crippen LogP contribution in [0.25, 0.3) is 33.1 Å². The molecule has 3 N–H and O–H groups in total. The number of nitrogens with one attached hydrogen (secondary N) is 2. The maximum Gasteiger partial charge on any atom is 0.340 e. The second-order valence-corrected chi connectivity index (χ2v) is 7.47. The summed E-state index contributed by atoms with van der Waals surface area (Å²) >= 11 is 4.99. The van der Waals surface area contributed by atoms with Crippen LogP contribution in [0.3, 0.4) is 0 Å². The summed E-state index contributed by atoms with van der Waals surface area (Å²) in [5, 5.41) is 15.7. The third-order valence-electron chi connectivity index (χ3n) is 5.05. The van der Waals surface area contributed by atoms with Crippen molar-refractivity contribution in [3.63, 3.8) is 0 Å². The number of hydrogen-bond acceptors (Lipinski definition) is 6. The summed E-state index contributed by atoms with van der Waals surface area (Å²) < 4.78 is 11.2. The molecule has 4 aromatic rings. The molecule has 0 unspecified atom stereocenters. The molecule has 0 aliphatic rings. The van der Waals surface area contributed by atoms with Crippen molar-refractivity contribution < 1.29 is 18.7 Å². The van der Waals surface area contributed by atoms with E-state index < -0.39 is 11.5 Å². The molecule has 158 valence electrons. The number of fused-ring (bicyclic) bond motifs is 2. The van der Waals surface area contributed by atoms with Crippen molar-refractivity contribution in [3.05, 3.63) is 70.3 Å². The molecule has 2 aromatic heterocycles. The number of rotatable bonds is 5. The Hall–Kier alpha value is -3.49. The molecule has 0 radical (unpaired) electrons. The standard InChI is InChI=1S/C23H20N2O5S/c1-13-15-9-17-18(14-5-3-2-4-6-14)12-29-19(17)11-20(15)30-22(28)16(13)10-21(27)25-23(31)24-7-8-26/h2-6,9,11-12,26H,7-8,10H2,1H3,(H2,24,25,27,31). The van der Waals surface area contributed by atoms with E-state index in [0.717, 1.165) is 21.9 Å². The van der Waals surface area contributed by atoms with Crippen molar-refractivity contribution in [2.24, 2.45) is 0 Å². The molecule has 2 heterocycles. The molecular formula is C23H20N2O5S. The predicted molar refractivity (Wildman–Crippen MR) is 122 cm³/mol. The van der Waals surface area contributed by atoms with Gasteiger partial charge < -0.3 is 24.6 Å². The van der Waals surface area contributed by atoms with Crippen molar-refractivity contribution in [1.82, 2.24) is 10.6 Å². The van der Waals surface area contributed by atoms with Crippen LogP contribution < -0.4 is 16.3 Å². The van der Waals surface area contributed by atoms with Gasteiger partial charge in [-0.2, -0.15) is 0 Å². The zero-order valence-corrected chi connectivity index (χ0v) is 17.5. The highest BCUT2D eigenvalue weighted by Gasteiger charge is 2.18. The first-order chi connectivity index (χ1) is 15.0. The van der Waals surface area contributed by atoms with Crippen LogP contribution in [0.1, 0.15) is 11.1 Å². The molecule has 0 spiro atoms. The van der Waals surface area contributed by atoms with E-state index in [1.807, 2.05) is 36.4 Å². The highest BCUT2D eigenvalue weighted by atomic mass is 32.1. The molecule has 7 nitrogen and oxygen atoms in total. The van der Waals surface area contributed by atoms with E-state index in [9.17, 15) is 9.59 Å². The van der Waals surface area contributed by atoms with E-state index in [4.69, 9.17) is 26.2 Å². The molecule has 4 rings (SSSR count). The first-order valence-electron chi connectivity index (χ1n) is 9.69. The lowest BCUT2D eigenvalue weighted by molar-refractivity contribution is -0.119. The van der Waals surface area contributed by atoms with Gasteiger partial charge in [-0.05, 0) is 36.3 Å². The van der Waals surface area contributed by atoms with Crippen LogP contribution in [-0.2, 0) is 11.2 Å². The summed E-state index contributed by atoms with van der Waals surface area (Å²) in [6.07, 6.45) is 1.50. The fourth-order valence-corrected chi connectivity index (χ4v) is 3.72. The van der Waals surface area contributed by atoms with Crippen molar-refractivity contribution in [2.75, 3.05) is 13.2 Å². The highest BCUT2D eigenvalue weighted by Crippen LogP contribution is 2.34. The summed E-state index contributed by atoms with van der Waals surface area (Å²) in [6.45, 7) is 1.90. The van der Waals surface area contributed by atoms with Gasteiger partial charge in [-0.25, -0.2) is 4.79 Å². The Balaban J connectivity index is 1.72. The first kappa shape index (κ1) is 20.8. The quantitative estimate of drug-likeness (QED) is 0.326. The van der Waals surface area contributed by atoms with E-state index in [1.165, 1.54) is 0 Å². The number of carbonyl (C=O) groups excluding carboxylic acids is 1. The predicted octanol–water partition coefficient (Wildman–Crippen LogP) is 3.04. The van der Waals surface area contributed by atoms with Crippen LogP contribution in [0.15, 0.2) is 62.4 Å². The molecule has 0 aliphatic carbocycles. The number of amides is 1. The van der Waals surface area contributed by atoms with Gasteiger partial charge in [0, 0.05) is 28.9 Å². The van der Waals surface area contributed by atoms with Gasteiger partial charge in [0.1, 0.15) is 11.2 Å². The van der Waals surface area contributed by atoms with Crippen molar-refractivity contribution in [3.8, 4) is 11.1 Å². The van der Waals surface area contributed by atoms with Gasteiger partial charge in [-0.15, -0.1) is 0 Å². The summed E-state index contributed by atoms with van der Waals surface area (Å²) in [7, 11) is 0. The van der Waals surface area contributed by atoms with E-state index in [2.05, 4.69) is 10.6 Å². The molecule has 31 heavy (non-hydrogen) atoms. The van der Waals surface area contributed by atoms with Crippen LogP contribution in [0.2, 0.25) is 0 Å². The third-order valence-corrected chi connectivity index (χ3v) is 5.30. The lowest BCUT2D eigenvalue weighted by Crippen LogP contribution is -2.41. The second kappa shape index (κ2) is 8.71. The number of aryl methyl sites for hydroxylation is 1. The molecule has 2 aromatic carbocycles. The number of thiocarbonyl (C=S) groups is 1. The monoisotopic (exact) mass is 436 g/mol. The Labute approximate surface area is 182 Å². The number of benzene rings is 2. The Bertz CT molecular complexity index is 1340. The fraction of sp³-hybridized carbons (Fsp3) is 0.174. The van der Waals surface area contributed by atoms with Crippen LogP contribution in [0.5, 0.6) is 0 Å². The molecule has 0 atom stereocenters. The number of aliphatic hydroxyl groups is 1. The molecular weight excluding hydrogens is 416 g/mol. The van der Waals surface area contributed by atoms with Crippen molar-refractivity contribution >= 4 is 45.2 Å². The molecule has 0 saturated carbocycles. The Morgan fingerprint density at radius 3 is 2.65 bits per heavy atom. The van der Waals surface area contributed by atoms with E-state index in [-0.39, 0.29) is 30.2 Å². The SMILES string of the molecule is Cc1c(CC(=O)NC(=S)NCCO)c(=O)oc2cc3occ(-c4ccccc4)c3cc12. The summed E-state index contributed by atoms with van der Waals surface area (Å²) in [5.41, 5.74) is 3.30. The minimum atomic E-state index is -0.580. The van der Waals surface area contributed by atoms with Gasteiger partial charge in [-0.1, -0.05) is 30.3 Å². The normalized spacial score (nSPS) is 11.0. The van der Waals surface area contributed by atoms with Gasteiger partial charge in [0.05, 0.1) is 24.9 Å². The minimum Gasteiger partial charge on any atom is -0.464 e. The smallest absolute Gasteiger partial charge is 0.340 e. The van der Waals surface area contributed by atoms with Gasteiger partial charge in [-0.3, -0.25) is 4.79 Å². The fourth-order valence-electron chi connectivity index (χ4n) is 3.50. The van der Waals surface area contributed by atoms with Crippen LogP contribution in [0, 0.1) is 6.92 Å². The molecule has 0 bridgehead atoms. The van der Waals surface area contributed by atoms with Crippen molar-refractivity contribution in [2.45, 2.75) is 13.3 Å². The second-order valence-electron chi connectivity index (χ2n) is 7.06. The average Bonchev–Trinajstić information content (AvgIpc) is 3.17. The zero-order valence-electron chi connectivity index (χ0n) is 16.7. The van der Waals surface area contributed by atoms with Gasteiger partial charge in [0.25, 0.3) is 0 Å². The molecule has 0 aliphatic heterocycles. The van der Waals surface area contributed by atoms with Crippen molar-refractivity contribution in [1.29, 1.82) is 0 Å². The topological polar surface area (TPSA) is 105 Å². The van der Waals surface area contributed by atoms with Gasteiger partial charge in [0.2, 0.25) is 5.91 Å².